The summed E-state index contributed by atoms with van der Waals surface area (Å²) in [4.78, 5) is 37.1. The fourth-order valence-corrected chi connectivity index (χ4v) is 2.61. The van der Waals surface area contributed by atoms with Crippen LogP contribution in [0.2, 0.25) is 0 Å². The lowest BCUT2D eigenvalue weighted by Gasteiger charge is -2.25. The fraction of sp³-hybridized carbons (Fsp3) is 0.571. The van der Waals surface area contributed by atoms with Gasteiger partial charge in [0.05, 0.1) is 7.11 Å². The van der Waals surface area contributed by atoms with Gasteiger partial charge in [-0.2, -0.15) is 0 Å². The van der Waals surface area contributed by atoms with Gasteiger partial charge in [-0.25, -0.2) is 9.59 Å². The van der Waals surface area contributed by atoms with Gasteiger partial charge >= 0.3 is 12.1 Å². The molecule has 0 aliphatic heterocycles. The van der Waals surface area contributed by atoms with Crippen LogP contribution in [0.5, 0.6) is 0 Å². The Morgan fingerprint density at radius 2 is 1.61 bits per heavy atom. The van der Waals surface area contributed by atoms with Crippen molar-refractivity contribution in [2.24, 2.45) is 5.92 Å². The minimum Gasteiger partial charge on any atom is -0.467 e. The number of carbonyl (C=O) groups is 3. The molecule has 7 nitrogen and oxygen atoms in total. The van der Waals surface area contributed by atoms with E-state index < -0.39 is 35.7 Å². The van der Waals surface area contributed by atoms with Crippen molar-refractivity contribution in [1.29, 1.82) is 0 Å². The van der Waals surface area contributed by atoms with E-state index in [2.05, 4.69) is 10.6 Å². The first-order valence-corrected chi connectivity index (χ1v) is 9.43. The number of benzene rings is 1. The minimum atomic E-state index is -0.892. The fourth-order valence-electron chi connectivity index (χ4n) is 2.61. The lowest BCUT2D eigenvalue weighted by molar-refractivity contribution is -0.145. The first-order valence-electron chi connectivity index (χ1n) is 9.43. The van der Waals surface area contributed by atoms with E-state index in [0.29, 0.717) is 6.42 Å². The standard InChI is InChI=1S/C21H32N2O5/c1-14(2)12-17(19(25)27-6)22-18(24)16(13-15-10-8-7-9-11-15)23-20(26)28-21(3,4)5/h7-11,14,16-17H,12-13H2,1-6H3,(H,22,24)(H,23,26)/t16-,17-/m0/s1. The summed E-state index contributed by atoms with van der Waals surface area (Å²) in [5.74, 6) is -0.806. The molecule has 0 bridgehead atoms. The van der Waals surface area contributed by atoms with E-state index in [4.69, 9.17) is 9.47 Å². The molecule has 0 saturated carbocycles. The molecule has 0 aliphatic carbocycles. The Hall–Kier alpha value is -2.57. The molecule has 0 heterocycles. The molecule has 0 radical (unpaired) electrons. The smallest absolute Gasteiger partial charge is 0.408 e. The zero-order valence-electron chi connectivity index (χ0n) is 17.6. The molecule has 2 amide bonds. The van der Waals surface area contributed by atoms with Gasteiger partial charge in [0.15, 0.2) is 0 Å². The van der Waals surface area contributed by atoms with Crippen LogP contribution in [-0.4, -0.2) is 42.8 Å². The van der Waals surface area contributed by atoms with Crippen molar-refractivity contribution < 1.29 is 23.9 Å². The van der Waals surface area contributed by atoms with Crippen LogP contribution in [-0.2, 0) is 25.5 Å². The SMILES string of the molecule is COC(=O)[C@H](CC(C)C)NC(=O)[C@H](Cc1ccccc1)NC(=O)OC(C)(C)C. The summed E-state index contributed by atoms with van der Waals surface area (Å²) in [7, 11) is 1.28. The molecular formula is C21H32N2O5. The lowest BCUT2D eigenvalue weighted by atomic mass is 10.0. The van der Waals surface area contributed by atoms with Crippen LogP contribution in [0.3, 0.4) is 0 Å². The third-order valence-corrected chi connectivity index (χ3v) is 3.80. The molecule has 7 heteroatoms. The normalized spacial score (nSPS) is 13.4. The van der Waals surface area contributed by atoms with E-state index in [1.165, 1.54) is 7.11 Å². The molecule has 1 rings (SSSR count). The summed E-state index contributed by atoms with van der Waals surface area (Å²) in [6.45, 7) is 9.13. The summed E-state index contributed by atoms with van der Waals surface area (Å²) >= 11 is 0. The highest BCUT2D eigenvalue weighted by molar-refractivity contribution is 5.89. The second-order valence-electron chi connectivity index (χ2n) is 8.10. The zero-order chi connectivity index (χ0) is 21.3. The highest BCUT2D eigenvalue weighted by Gasteiger charge is 2.29. The van der Waals surface area contributed by atoms with Gasteiger partial charge in [-0.05, 0) is 38.7 Å². The number of hydrogen-bond donors (Lipinski definition) is 2. The average molecular weight is 392 g/mol. The highest BCUT2D eigenvalue weighted by Crippen LogP contribution is 2.10. The number of carbonyl (C=O) groups excluding carboxylic acids is 3. The third-order valence-electron chi connectivity index (χ3n) is 3.80. The largest absolute Gasteiger partial charge is 0.467 e. The van der Waals surface area contributed by atoms with Gasteiger partial charge in [0.25, 0.3) is 0 Å². The topological polar surface area (TPSA) is 93.7 Å². The Morgan fingerprint density at radius 3 is 2.11 bits per heavy atom. The average Bonchev–Trinajstić information content (AvgIpc) is 2.58. The van der Waals surface area contributed by atoms with Crippen molar-refractivity contribution in [3.8, 4) is 0 Å². The minimum absolute atomic E-state index is 0.177. The molecule has 2 N–H and O–H groups in total. The number of ether oxygens (including phenoxy) is 2. The summed E-state index contributed by atoms with van der Waals surface area (Å²) in [6, 6.07) is 7.64. The van der Waals surface area contributed by atoms with E-state index >= 15 is 0 Å². The van der Waals surface area contributed by atoms with Crippen LogP contribution in [0.1, 0.15) is 46.6 Å². The quantitative estimate of drug-likeness (QED) is 0.664. The van der Waals surface area contributed by atoms with E-state index in [1.54, 1.807) is 20.8 Å². The van der Waals surface area contributed by atoms with Crippen LogP contribution < -0.4 is 10.6 Å². The highest BCUT2D eigenvalue weighted by atomic mass is 16.6. The molecule has 0 saturated heterocycles. The second kappa shape index (κ2) is 10.7. The maximum absolute atomic E-state index is 12.9. The Kier molecular flexibility index (Phi) is 8.96. The molecule has 0 fully saturated rings. The van der Waals surface area contributed by atoms with E-state index in [0.717, 1.165) is 5.56 Å². The number of nitrogens with one attached hydrogen (secondary N) is 2. The molecule has 0 unspecified atom stereocenters. The second-order valence-corrected chi connectivity index (χ2v) is 8.10. The van der Waals surface area contributed by atoms with Crippen molar-refractivity contribution in [2.75, 3.05) is 7.11 Å². The van der Waals surface area contributed by atoms with Crippen molar-refractivity contribution in [3.05, 3.63) is 35.9 Å². The van der Waals surface area contributed by atoms with Crippen LogP contribution in [0.25, 0.3) is 0 Å². The first-order chi connectivity index (χ1) is 13.0. The van der Waals surface area contributed by atoms with Gasteiger partial charge in [0.1, 0.15) is 17.7 Å². The van der Waals surface area contributed by atoms with Crippen molar-refractivity contribution >= 4 is 18.0 Å². The van der Waals surface area contributed by atoms with Crippen LogP contribution in [0, 0.1) is 5.92 Å². The number of amides is 2. The zero-order valence-corrected chi connectivity index (χ0v) is 17.6. The number of hydrogen-bond acceptors (Lipinski definition) is 5. The lowest BCUT2D eigenvalue weighted by Crippen LogP contribution is -2.53. The molecular weight excluding hydrogens is 360 g/mol. The van der Waals surface area contributed by atoms with Gasteiger partial charge < -0.3 is 20.1 Å². The molecule has 28 heavy (non-hydrogen) atoms. The van der Waals surface area contributed by atoms with E-state index in [1.807, 2.05) is 44.2 Å². The molecule has 156 valence electrons. The van der Waals surface area contributed by atoms with Crippen molar-refractivity contribution in [3.63, 3.8) is 0 Å². The van der Waals surface area contributed by atoms with Gasteiger partial charge in [0.2, 0.25) is 5.91 Å². The Balaban J connectivity index is 2.95. The van der Waals surface area contributed by atoms with E-state index in [9.17, 15) is 14.4 Å². The maximum Gasteiger partial charge on any atom is 0.408 e. The summed E-state index contributed by atoms with van der Waals surface area (Å²) in [5.41, 5.74) is 0.182. The Morgan fingerprint density at radius 1 is 1.00 bits per heavy atom. The number of rotatable bonds is 8. The molecule has 1 aromatic carbocycles. The Bertz CT molecular complexity index is 653. The summed E-state index contributed by atoms with van der Waals surface area (Å²) < 4.78 is 10.1. The van der Waals surface area contributed by atoms with Crippen LogP contribution in [0.4, 0.5) is 4.79 Å². The molecule has 2 atom stereocenters. The monoisotopic (exact) mass is 392 g/mol. The van der Waals surface area contributed by atoms with Gasteiger partial charge in [-0.3, -0.25) is 4.79 Å². The van der Waals surface area contributed by atoms with Gasteiger partial charge in [-0.15, -0.1) is 0 Å². The van der Waals surface area contributed by atoms with Crippen LogP contribution >= 0.6 is 0 Å². The summed E-state index contributed by atoms with van der Waals surface area (Å²) in [5, 5.41) is 5.32. The number of alkyl carbamates (subject to hydrolysis) is 1. The molecule has 0 aromatic heterocycles. The molecule has 0 spiro atoms. The predicted octanol–water partition coefficient (Wildman–Crippen LogP) is 2.83. The first kappa shape index (κ1) is 23.5. The Labute approximate surface area is 167 Å². The molecule has 0 aliphatic rings. The molecule has 1 aromatic rings. The van der Waals surface area contributed by atoms with Crippen LogP contribution in [0.15, 0.2) is 30.3 Å². The van der Waals surface area contributed by atoms with Crippen molar-refractivity contribution in [1.82, 2.24) is 10.6 Å². The number of methoxy groups -OCH3 is 1. The number of esters is 1. The summed E-state index contributed by atoms with van der Waals surface area (Å²) in [6.07, 6.45) is 0.00627. The van der Waals surface area contributed by atoms with E-state index in [-0.39, 0.29) is 12.3 Å². The predicted molar refractivity (Wildman–Crippen MR) is 107 cm³/mol. The third kappa shape index (κ3) is 8.88. The van der Waals surface area contributed by atoms with Crippen molar-refractivity contribution in [2.45, 2.75) is 65.1 Å². The van der Waals surface area contributed by atoms with Gasteiger partial charge in [-0.1, -0.05) is 44.2 Å². The maximum atomic E-state index is 12.9. The van der Waals surface area contributed by atoms with Gasteiger partial charge in [0, 0.05) is 6.42 Å².